The number of carbonyl (C=O) groups excluding carboxylic acids is 1. The molecular weight excluding hydrogens is 496 g/mol. The zero-order valence-corrected chi connectivity index (χ0v) is 20.2. The van der Waals surface area contributed by atoms with Crippen molar-refractivity contribution in [2.75, 3.05) is 11.5 Å². The maximum atomic E-state index is 14.7. The lowest BCUT2D eigenvalue weighted by atomic mass is 9.83. The first-order valence-electron chi connectivity index (χ1n) is 10.9. The van der Waals surface area contributed by atoms with Gasteiger partial charge < -0.3 is 0 Å². The van der Waals surface area contributed by atoms with Crippen LogP contribution in [0.15, 0.2) is 54.6 Å². The van der Waals surface area contributed by atoms with Crippen molar-refractivity contribution >= 4 is 38.1 Å². The fraction of sp³-hybridized carbons (Fsp3) is 0.240. The van der Waals surface area contributed by atoms with Crippen LogP contribution in [0.2, 0.25) is 5.15 Å². The Morgan fingerprint density at radius 1 is 1.11 bits per heavy atom. The molecule has 0 amide bonds. The van der Waals surface area contributed by atoms with Crippen LogP contribution in [0.5, 0.6) is 0 Å². The van der Waals surface area contributed by atoms with Crippen LogP contribution in [0.25, 0.3) is 27.8 Å². The average molecular weight is 516 g/mol. The summed E-state index contributed by atoms with van der Waals surface area (Å²) >= 11 is 5.81. The zero-order valence-electron chi connectivity index (χ0n) is 18.6. The topological polar surface area (TPSA) is 81.9 Å². The van der Waals surface area contributed by atoms with Crippen LogP contribution < -0.4 is 0 Å². The maximum Gasteiger partial charge on any atom is 0.223 e. The summed E-state index contributed by atoms with van der Waals surface area (Å²) in [4.78, 5) is 16.8. The highest BCUT2D eigenvalue weighted by Crippen LogP contribution is 2.37. The fourth-order valence-corrected chi connectivity index (χ4v) is 6.95. The molecule has 1 aliphatic heterocycles. The number of hydrogen-bond donors (Lipinski definition) is 0. The Labute approximate surface area is 205 Å². The van der Waals surface area contributed by atoms with Crippen molar-refractivity contribution in [3.05, 3.63) is 77.1 Å². The van der Waals surface area contributed by atoms with E-state index in [1.807, 2.05) is 6.92 Å². The van der Waals surface area contributed by atoms with Gasteiger partial charge in [-0.25, -0.2) is 22.5 Å². The lowest BCUT2D eigenvalue weighted by molar-refractivity contribution is 0.0934. The number of nitrogens with zero attached hydrogens (tertiary/aromatic N) is 3. The van der Waals surface area contributed by atoms with Crippen LogP contribution in [-0.2, 0) is 9.84 Å². The van der Waals surface area contributed by atoms with E-state index in [1.54, 1.807) is 18.2 Å². The molecule has 6 nitrogen and oxygen atoms in total. The van der Waals surface area contributed by atoms with Crippen LogP contribution >= 0.6 is 11.6 Å². The minimum atomic E-state index is -3.14. The van der Waals surface area contributed by atoms with Crippen LogP contribution in [0.3, 0.4) is 0 Å². The molecule has 3 heterocycles. The number of hydrogen-bond acceptors (Lipinski definition) is 5. The van der Waals surface area contributed by atoms with Crippen LogP contribution in [0, 0.1) is 17.2 Å². The molecule has 2 aromatic heterocycles. The van der Waals surface area contributed by atoms with Crippen molar-refractivity contribution in [3.8, 4) is 16.9 Å². The minimum Gasteiger partial charge on any atom is -0.294 e. The van der Waals surface area contributed by atoms with Crippen molar-refractivity contribution in [1.29, 1.82) is 0 Å². The van der Waals surface area contributed by atoms with Crippen LogP contribution in [-0.4, -0.2) is 40.5 Å². The summed E-state index contributed by atoms with van der Waals surface area (Å²) in [6.07, 6.45) is 0.523. The predicted molar refractivity (Wildman–Crippen MR) is 130 cm³/mol. The molecule has 10 heteroatoms. The summed E-state index contributed by atoms with van der Waals surface area (Å²) in [6.45, 7) is 1.81. The molecule has 35 heavy (non-hydrogen) atoms. The first kappa shape index (κ1) is 23.6. The molecule has 0 N–H and O–H groups in total. The van der Waals surface area contributed by atoms with E-state index in [9.17, 15) is 22.0 Å². The molecular formula is C25H20ClF2N3O3S. The molecule has 180 valence electrons. The predicted octanol–water partition coefficient (Wildman–Crippen LogP) is 5.42. The first-order chi connectivity index (χ1) is 16.5. The fourth-order valence-electron chi connectivity index (χ4n) is 4.56. The summed E-state index contributed by atoms with van der Waals surface area (Å²) in [5.74, 6) is -1.35. The van der Waals surface area contributed by atoms with E-state index < -0.39 is 27.0 Å². The third-order valence-corrected chi connectivity index (χ3v) is 8.49. The zero-order chi connectivity index (χ0) is 25.0. The molecule has 1 aliphatic rings. The molecule has 0 radical (unpaired) electrons. The van der Waals surface area contributed by atoms with Gasteiger partial charge in [-0.1, -0.05) is 24.6 Å². The molecule has 1 unspecified atom stereocenters. The van der Waals surface area contributed by atoms with Gasteiger partial charge in [-0.2, -0.15) is 9.49 Å². The lowest BCUT2D eigenvalue weighted by Crippen LogP contribution is -2.22. The summed E-state index contributed by atoms with van der Waals surface area (Å²) in [7, 11) is -3.14. The van der Waals surface area contributed by atoms with E-state index in [0.29, 0.717) is 34.3 Å². The summed E-state index contributed by atoms with van der Waals surface area (Å²) < 4.78 is 53.6. The number of fused-ring (bicyclic) bond motifs is 1. The Morgan fingerprint density at radius 2 is 1.86 bits per heavy atom. The van der Waals surface area contributed by atoms with Crippen LogP contribution in [0.4, 0.5) is 8.78 Å². The molecule has 0 saturated carbocycles. The van der Waals surface area contributed by atoms with E-state index >= 15 is 0 Å². The van der Waals surface area contributed by atoms with E-state index in [-0.39, 0.29) is 34.4 Å². The van der Waals surface area contributed by atoms with Crippen molar-refractivity contribution in [1.82, 2.24) is 14.8 Å². The SMILES string of the molecule is CC1(CC(=O)c2ccc3c(-c4ccc(Cl)nc4F)nn(-c4ccc(F)cc4)c3c2)CCS(=O)(=O)C1. The second-order valence-electron chi connectivity index (χ2n) is 9.19. The van der Waals surface area contributed by atoms with Gasteiger partial charge >= 0.3 is 0 Å². The largest absolute Gasteiger partial charge is 0.294 e. The normalized spacial score (nSPS) is 19.3. The van der Waals surface area contributed by atoms with Crippen LogP contribution in [0.1, 0.15) is 30.1 Å². The van der Waals surface area contributed by atoms with Crippen molar-refractivity contribution in [3.63, 3.8) is 0 Å². The van der Waals surface area contributed by atoms with Crippen molar-refractivity contribution < 1.29 is 22.0 Å². The number of benzene rings is 2. The van der Waals surface area contributed by atoms with E-state index in [4.69, 9.17) is 11.6 Å². The standard InChI is InChI=1S/C25H20ClF2N3O3S/c1-25(10-11-35(33,34)14-25)13-21(32)15-2-7-18-20(12-15)31(17-5-3-16(27)4-6-17)30-23(18)19-8-9-22(26)29-24(19)28/h2-9,12H,10-11,13-14H2,1H3. The molecule has 5 rings (SSSR count). The number of ketones is 1. The second kappa shape index (κ2) is 8.49. The van der Waals surface area contributed by atoms with Gasteiger partial charge in [-0.15, -0.1) is 0 Å². The molecule has 1 atom stereocenters. The summed E-state index contributed by atoms with van der Waals surface area (Å²) in [5, 5.41) is 5.13. The molecule has 1 saturated heterocycles. The number of carbonyl (C=O) groups is 1. The second-order valence-corrected chi connectivity index (χ2v) is 11.8. The summed E-state index contributed by atoms with van der Waals surface area (Å²) in [5.41, 5.74) is 1.21. The van der Waals surface area contributed by atoms with E-state index in [0.717, 1.165) is 0 Å². The Hall–Kier alpha value is -3.17. The molecule has 0 spiro atoms. The number of Topliss-reactive ketones (excluding diaryl/α,β-unsaturated/α-hetero) is 1. The molecule has 0 bridgehead atoms. The van der Waals surface area contributed by atoms with E-state index in [1.165, 1.54) is 41.1 Å². The van der Waals surface area contributed by atoms with Gasteiger partial charge in [-0.3, -0.25) is 4.79 Å². The number of halogens is 3. The highest BCUT2D eigenvalue weighted by atomic mass is 35.5. The highest BCUT2D eigenvalue weighted by Gasteiger charge is 2.40. The monoisotopic (exact) mass is 515 g/mol. The average Bonchev–Trinajstić information content (AvgIpc) is 3.30. The van der Waals surface area contributed by atoms with E-state index in [2.05, 4.69) is 10.1 Å². The van der Waals surface area contributed by atoms with Crippen molar-refractivity contribution in [2.45, 2.75) is 19.8 Å². The third kappa shape index (κ3) is 4.58. The van der Waals surface area contributed by atoms with Crippen molar-refractivity contribution in [2.24, 2.45) is 5.41 Å². The molecule has 1 fully saturated rings. The smallest absolute Gasteiger partial charge is 0.223 e. The number of rotatable bonds is 5. The number of pyridine rings is 1. The highest BCUT2D eigenvalue weighted by molar-refractivity contribution is 7.91. The Balaban J connectivity index is 1.62. The van der Waals surface area contributed by atoms with Gasteiger partial charge in [0, 0.05) is 17.4 Å². The number of aromatic nitrogens is 3. The number of sulfone groups is 1. The Bertz CT molecular complexity index is 1590. The maximum absolute atomic E-state index is 14.7. The Kier molecular flexibility index (Phi) is 5.72. The summed E-state index contributed by atoms with van der Waals surface area (Å²) in [6, 6.07) is 13.5. The quantitative estimate of drug-likeness (QED) is 0.262. The first-order valence-corrected chi connectivity index (χ1v) is 13.1. The lowest BCUT2D eigenvalue weighted by Gasteiger charge is -2.20. The Morgan fingerprint density at radius 3 is 2.51 bits per heavy atom. The van der Waals surface area contributed by atoms with Gasteiger partial charge in [0.05, 0.1) is 28.3 Å². The van der Waals surface area contributed by atoms with Gasteiger partial charge in [0.25, 0.3) is 0 Å². The van der Waals surface area contributed by atoms with Gasteiger partial charge in [0.15, 0.2) is 15.6 Å². The molecule has 4 aromatic rings. The third-order valence-electron chi connectivity index (χ3n) is 6.32. The minimum absolute atomic E-state index is 0.00354. The van der Waals surface area contributed by atoms with Gasteiger partial charge in [0.1, 0.15) is 16.7 Å². The molecule has 2 aromatic carbocycles. The van der Waals surface area contributed by atoms with Gasteiger partial charge in [-0.05, 0) is 60.4 Å². The molecule has 0 aliphatic carbocycles. The van der Waals surface area contributed by atoms with Gasteiger partial charge in [0.2, 0.25) is 5.95 Å².